The van der Waals surface area contributed by atoms with Gasteiger partial charge in [-0.1, -0.05) is 60.7 Å². The predicted molar refractivity (Wildman–Crippen MR) is 130 cm³/mol. The number of hydrogen-bond donors (Lipinski definition) is 3. The highest BCUT2D eigenvalue weighted by Crippen LogP contribution is 2.30. The molecule has 0 fully saturated rings. The number of carbonyl (C=O) groups excluding carboxylic acids is 2. The Morgan fingerprint density at radius 2 is 1.64 bits per heavy atom. The number of rotatable bonds is 9. The largest absolute Gasteiger partial charge is 0.496 e. The van der Waals surface area contributed by atoms with Crippen LogP contribution in [-0.2, 0) is 4.79 Å². The molecule has 4 aromatic rings. The maximum atomic E-state index is 12.6. The number of para-hydroxylation sites is 2. The Bertz CT molecular complexity index is 1230. The number of nitrogens with one attached hydrogen (secondary N) is 3. The number of H-pyrrole nitrogens is 1. The molecule has 0 aliphatic heterocycles. The first kappa shape index (κ1) is 22.1. The topological polar surface area (TPSA) is 83.2 Å². The number of benzene rings is 3. The maximum absolute atomic E-state index is 12.6. The van der Waals surface area contributed by atoms with Gasteiger partial charge >= 0.3 is 0 Å². The van der Waals surface area contributed by atoms with Gasteiger partial charge in [-0.05, 0) is 29.3 Å². The summed E-state index contributed by atoms with van der Waals surface area (Å²) in [6.07, 6.45) is 2.21. The van der Waals surface area contributed by atoms with Crippen LogP contribution in [0.3, 0.4) is 0 Å². The normalized spacial score (nSPS) is 11.7. The molecule has 0 aliphatic rings. The van der Waals surface area contributed by atoms with Gasteiger partial charge in [0.2, 0.25) is 5.91 Å². The van der Waals surface area contributed by atoms with Crippen LogP contribution in [0, 0.1) is 0 Å². The molecule has 1 heterocycles. The first-order valence-electron chi connectivity index (χ1n) is 11.0. The minimum atomic E-state index is -0.263. The van der Waals surface area contributed by atoms with Crippen molar-refractivity contribution in [2.45, 2.75) is 12.3 Å². The van der Waals surface area contributed by atoms with Crippen molar-refractivity contribution in [1.29, 1.82) is 0 Å². The van der Waals surface area contributed by atoms with Crippen LogP contribution in [0.15, 0.2) is 85.1 Å². The Morgan fingerprint density at radius 1 is 0.909 bits per heavy atom. The number of aromatic nitrogens is 1. The summed E-state index contributed by atoms with van der Waals surface area (Å²) in [5, 5.41) is 6.98. The summed E-state index contributed by atoms with van der Waals surface area (Å²) >= 11 is 0. The van der Waals surface area contributed by atoms with Crippen molar-refractivity contribution >= 4 is 22.7 Å². The minimum Gasteiger partial charge on any atom is -0.496 e. The summed E-state index contributed by atoms with van der Waals surface area (Å²) in [7, 11) is 1.52. The molecule has 33 heavy (non-hydrogen) atoms. The van der Waals surface area contributed by atoms with E-state index in [2.05, 4.69) is 33.8 Å². The van der Waals surface area contributed by atoms with Crippen LogP contribution in [0.25, 0.3) is 10.9 Å². The molecule has 0 radical (unpaired) electrons. The van der Waals surface area contributed by atoms with Crippen molar-refractivity contribution in [3.63, 3.8) is 0 Å². The van der Waals surface area contributed by atoms with Crippen molar-refractivity contribution in [3.05, 3.63) is 102 Å². The highest BCUT2D eigenvalue weighted by Gasteiger charge is 2.19. The molecule has 2 amide bonds. The molecule has 4 rings (SSSR count). The highest BCUT2D eigenvalue weighted by atomic mass is 16.5. The number of amides is 2. The zero-order valence-corrected chi connectivity index (χ0v) is 18.5. The lowest BCUT2D eigenvalue weighted by molar-refractivity contribution is -0.120. The number of fused-ring (bicyclic) bond motifs is 1. The van der Waals surface area contributed by atoms with E-state index in [9.17, 15) is 9.59 Å². The summed E-state index contributed by atoms with van der Waals surface area (Å²) < 4.78 is 5.22. The Labute approximate surface area is 193 Å². The molecule has 1 aromatic heterocycles. The van der Waals surface area contributed by atoms with Gasteiger partial charge in [0.15, 0.2) is 0 Å². The summed E-state index contributed by atoms with van der Waals surface area (Å²) in [6, 6.07) is 25.3. The zero-order valence-electron chi connectivity index (χ0n) is 18.5. The molecule has 0 saturated carbocycles. The lowest BCUT2D eigenvalue weighted by Crippen LogP contribution is -2.33. The third-order valence-corrected chi connectivity index (χ3v) is 5.69. The third-order valence-electron chi connectivity index (χ3n) is 5.69. The van der Waals surface area contributed by atoms with Gasteiger partial charge in [-0.25, -0.2) is 0 Å². The SMILES string of the molecule is COc1ccccc1C(=O)NCCC(=O)NC[C@H](c1ccccc1)c1c[nH]c2ccccc12. The molecule has 1 atom stereocenters. The van der Waals surface area contributed by atoms with Crippen LogP contribution in [0.2, 0.25) is 0 Å². The predicted octanol–water partition coefficient (Wildman–Crippen LogP) is 4.24. The molecular weight excluding hydrogens is 414 g/mol. The van der Waals surface area contributed by atoms with Crippen LogP contribution in [0.4, 0.5) is 0 Å². The van der Waals surface area contributed by atoms with Gasteiger partial charge in [-0.2, -0.15) is 0 Å². The molecule has 0 unspecified atom stereocenters. The Morgan fingerprint density at radius 3 is 2.45 bits per heavy atom. The van der Waals surface area contributed by atoms with Gasteiger partial charge < -0.3 is 20.4 Å². The van der Waals surface area contributed by atoms with E-state index in [4.69, 9.17) is 4.74 Å². The molecule has 3 aromatic carbocycles. The number of carbonyl (C=O) groups is 2. The van der Waals surface area contributed by atoms with Gasteiger partial charge in [0.25, 0.3) is 5.91 Å². The summed E-state index contributed by atoms with van der Waals surface area (Å²) in [5.41, 5.74) is 3.79. The molecule has 0 aliphatic carbocycles. The quantitative estimate of drug-likeness (QED) is 0.363. The Balaban J connectivity index is 1.38. The summed E-state index contributed by atoms with van der Waals surface area (Å²) in [6.45, 7) is 0.705. The standard InChI is InChI=1S/C27H27N3O3/c1-33-25-14-8-6-12-21(25)27(32)28-16-15-26(31)30-17-22(19-9-3-2-4-10-19)23-18-29-24-13-7-5-11-20(23)24/h2-14,18,22,29H,15-17H2,1H3,(H,28,32)(H,30,31)/t22-/m1/s1. The van der Waals surface area contributed by atoms with Gasteiger partial charge in [-0.15, -0.1) is 0 Å². The molecule has 0 saturated heterocycles. The van der Waals surface area contributed by atoms with Crippen LogP contribution in [0.1, 0.15) is 33.8 Å². The van der Waals surface area contributed by atoms with Crippen LogP contribution in [-0.4, -0.2) is 37.0 Å². The molecule has 0 spiro atoms. The second-order valence-corrected chi connectivity index (χ2v) is 7.76. The lowest BCUT2D eigenvalue weighted by atomic mass is 9.91. The average molecular weight is 442 g/mol. The zero-order chi connectivity index (χ0) is 23.0. The average Bonchev–Trinajstić information content (AvgIpc) is 3.29. The second kappa shape index (κ2) is 10.5. The number of ether oxygens (including phenoxy) is 1. The Kier molecular flexibility index (Phi) is 7.05. The molecule has 3 N–H and O–H groups in total. The van der Waals surface area contributed by atoms with E-state index in [-0.39, 0.29) is 30.7 Å². The van der Waals surface area contributed by atoms with Crippen molar-refractivity contribution in [1.82, 2.24) is 15.6 Å². The fraction of sp³-hybridized carbons (Fsp3) is 0.185. The van der Waals surface area contributed by atoms with Gasteiger partial charge in [0, 0.05) is 42.5 Å². The van der Waals surface area contributed by atoms with Crippen LogP contribution in [0.5, 0.6) is 5.75 Å². The van der Waals surface area contributed by atoms with Crippen molar-refractivity contribution in [2.24, 2.45) is 0 Å². The fourth-order valence-corrected chi connectivity index (χ4v) is 4.00. The molecule has 0 bridgehead atoms. The van der Waals surface area contributed by atoms with E-state index in [0.717, 1.165) is 22.0 Å². The number of aromatic amines is 1. The molecule has 168 valence electrons. The van der Waals surface area contributed by atoms with Crippen molar-refractivity contribution in [2.75, 3.05) is 20.2 Å². The lowest BCUT2D eigenvalue weighted by Gasteiger charge is -2.18. The molecule has 6 heteroatoms. The highest BCUT2D eigenvalue weighted by molar-refractivity contribution is 5.97. The number of methoxy groups -OCH3 is 1. The van der Waals surface area contributed by atoms with E-state index in [1.54, 1.807) is 24.3 Å². The van der Waals surface area contributed by atoms with Gasteiger partial charge in [0.05, 0.1) is 12.7 Å². The molecular formula is C27H27N3O3. The van der Waals surface area contributed by atoms with Crippen LogP contribution < -0.4 is 15.4 Å². The number of hydrogen-bond acceptors (Lipinski definition) is 3. The van der Waals surface area contributed by atoms with E-state index in [1.165, 1.54) is 7.11 Å². The van der Waals surface area contributed by atoms with Crippen molar-refractivity contribution < 1.29 is 14.3 Å². The second-order valence-electron chi connectivity index (χ2n) is 7.76. The van der Waals surface area contributed by atoms with E-state index in [0.29, 0.717) is 17.9 Å². The van der Waals surface area contributed by atoms with E-state index in [1.807, 2.05) is 42.6 Å². The van der Waals surface area contributed by atoms with Gasteiger partial charge in [-0.3, -0.25) is 9.59 Å². The first-order chi connectivity index (χ1) is 16.2. The third kappa shape index (κ3) is 5.23. The van der Waals surface area contributed by atoms with Crippen molar-refractivity contribution in [3.8, 4) is 5.75 Å². The maximum Gasteiger partial charge on any atom is 0.255 e. The monoisotopic (exact) mass is 441 g/mol. The Hall–Kier alpha value is -4.06. The fourth-order valence-electron chi connectivity index (χ4n) is 4.00. The first-order valence-corrected chi connectivity index (χ1v) is 11.0. The van der Waals surface area contributed by atoms with E-state index >= 15 is 0 Å². The van der Waals surface area contributed by atoms with Crippen LogP contribution >= 0.6 is 0 Å². The molecule has 6 nitrogen and oxygen atoms in total. The summed E-state index contributed by atoms with van der Waals surface area (Å²) in [5.74, 6) is 0.135. The minimum absolute atomic E-state index is 0.00877. The van der Waals surface area contributed by atoms with Gasteiger partial charge in [0.1, 0.15) is 5.75 Å². The van der Waals surface area contributed by atoms with E-state index < -0.39 is 0 Å². The smallest absolute Gasteiger partial charge is 0.255 e. The summed E-state index contributed by atoms with van der Waals surface area (Å²) in [4.78, 5) is 28.3.